The molecule has 0 aliphatic rings. The number of unbranched alkanes of at least 4 members (excludes halogenated alkanes) is 1. The van der Waals surface area contributed by atoms with Gasteiger partial charge in [-0.2, -0.15) is 0 Å². The number of hydrogen-bond donors (Lipinski definition) is 0. The van der Waals surface area contributed by atoms with Gasteiger partial charge >= 0.3 is 6.09 Å². The van der Waals surface area contributed by atoms with Crippen molar-refractivity contribution in [3.8, 4) is 0 Å². The van der Waals surface area contributed by atoms with Crippen LogP contribution >= 0.6 is 0 Å². The Bertz CT molecular complexity index is 304. The summed E-state index contributed by atoms with van der Waals surface area (Å²) in [6.07, 6.45) is 7.25. The van der Waals surface area contributed by atoms with Crippen LogP contribution in [0.3, 0.4) is 0 Å². The average Bonchev–Trinajstić information content (AvgIpc) is 2.67. The van der Waals surface area contributed by atoms with E-state index in [0.717, 1.165) is 19.3 Å². The lowest BCUT2D eigenvalue weighted by molar-refractivity contribution is 0.0320. The minimum atomic E-state index is -0.405. The highest BCUT2D eigenvalue weighted by molar-refractivity contribution is 5.70. The molecule has 1 heterocycles. The summed E-state index contributed by atoms with van der Waals surface area (Å²) in [5, 5.41) is 0. The van der Waals surface area contributed by atoms with Gasteiger partial charge in [-0.3, -0.25) is 0 Å². The molecular weight excluding hydrogens is 192 g/mol. The van der Waals surface area contributed by atoms with Crippen LogP contribution in [0.5, 0.6) is 0 Å². The van der Waals surface area contributed by atoms with E-state index in [1.54, 1.807) is 12.4 Å². The Morgan fingerprint density at radius 1 is 1.53 bits per heavy atom. The van der Waals surface area contributed by atoms with Gasteiger partial charge in [-0.1, -0.05) is 13.3 Å². The number of hydrogen-bond acceptors (Lipinski definition) is 3. The summed E-state index contributed by atoms with van der Waals surface area (Å²) in [6, 6.07) is 0. The summed E-state index contributed by atoms with van der Waals surface area (Å²) in [6.45, 7) is 5.97. The number of carbonyl (C=O) groups excluding carboxylic acids is 1. The molecule has 1 aromatic rings. The van der Waals surface area contributed by atoms with E-state index in [9.17, 15) is 4.79 Å². The standard InChI is InChI=1S/C11H18N2O2/c1-4-5-6-11(2,3)15-10(14)13-8-7-12-9-13/h7-9H,4-6H2,1-3H3. The Morgan fingerprint density at radius 2 is 2.27 bits per heavy atom. The van der Waals surface area contributed by atoms with Gasteiger partial charge in [0.15, 0.2) is 0 Å². The van der Waals surface area contributed by atoms with Crippen molar-refractivity contribution in [3.05, 3.63) is 18.7 Å². The third-order valence-electron chi connectivity index (χ3n) is 2.21. The normalized spacial score (nSPS) is 11.4. The average molecular weight is 210 g/mol. The summed E-state index contributed by atoms with van der Waals surface area (Å²) in [5.41, 5.74) is -0.405. The smallest absolute Gasteiger partial charge is 0.419 e. The largest absolute Gasteiger partial charge is 0.443 e. The highest BCUT2D eigenvalue weighted by Crippen LogP contribution is 2.18. The Morgan fingerprint density at radius 3 is 2.80 bits per heavy atom. The van der Waals surface area contributed by atoms with E-state index in [4.69, 9.17) is 4.74 Å². The van der Waals surface area contributed by atoms with Gasteiger partial charge in [0.25, 0.3) is 0 Å². The van der Waals surface area contributed by atoms with Gasteiger partial charge in [0, 0.05) is 12.4 Å². The molecule has 1 aromatic heterocycles. The third kappa shape index (κ3) is 3.73. The van der Waals surface area contributed by atoms with Crippen LogP contribution in [-0.2, 0) is 4.74 Å². The minimum absolute atomic E-state index is 0.367. The molecule has 0 fully saturated rings. The second-order valence-corrected chi connectivity index (χ2v) is 4.20. The fraction of sp³-hybridized carbons (Fsp3) is 0.636. The molecule has 0 saturated heterocycles. The van der Waals surface area contributed by atoms with E-state index in [0.29, 0.717) is 0 Å². The molecule has 0 spiro atoms. The highest BCUT2D eigenvalue weighted by Gasteiger charge is 2.22. The van der Waals surface area contributed by atoms with Crippen LogP contribution in [0.2, 0.25) is 0 Å². The number of imidazole rings is 1. The van der Waals surface area contributed by atoms with Crippen molar-refractivity contribution in [2.45, 2.75) is 45.6 Å². The van der Waals surface area contributed by atoms with Gasteiger partial charge in [0.1, 0.15) is 11.9 Å². The lowest BCUT2D eigenvalue weighted by Gasteiger charge is -2.24. The van der Waals surface area contributed by atoms with Crippen molar-refractivity contribution in [1.29, 1.82) is 0 Å². The molecular formula is C11H18N2O2. The van der Waals surface area contributed by atoms with Crippen molar-refractivity contribution < 1.29 is 9.53 Å². The minimum Gasteiger partial charge on any atom is -0.443 e. The molecule has 4 nitrogen and oxygen atoms in total. The quantitative estimate of drug-likeness (QED) is 0.767. The molecule has 0 aromatic carbocycles. The zero-order chi connectivity index (χ0) is 11.3. The van der Waals surface area contributed by atoms with E-state index in [1.807, 2.05) is 13.8 Å². The second kappa shape index (κ2) is 4.96. The molecule has 84 valence electrons. The Balaban J connectivity index is 2.50. The van der Waals surface area contributed by atoms with Crippen LogP contribution in [0, 0.1) is 0 Å². The van der Waals surface area contributed by atoms with Crippen molar-refractivity contribution in [2.75, 3.05) is 0 Å². The molecule has 1 rings (SSSR count). The van der Waals surface area contributed by atoms with Gasteiger partial charge in [0.05, 0.1) is 0 Å². The van der Waals surface area contributed by atoms with Gasteiger partial charge in [-0.25, -0.2) is 14.3 Å². The van der Waals surface area contributed by atoms with Crippen molar-refractivity contribution in [3.63, 3.8) is 0 Å². The van der Waals surface area contributed by atoms with Gasteiger partial charge in [-0.05, 0) is 26.7 Å². The number of carbonyl (C=O) groups is 1. The predicted molar refractivity (Wildman–Crippen MR) is 57.7 cm³/mol. The molecule has 0 aliphatic heterocycles. The maximum Gasteiger partial charge on any atom is 0.419 e. The van der Waals surface area contributed by atoms with E-state index in [1.165, 1.54) is 10.9 Å². The Hall–Kier alpha value is -1.32. The lowest BCUT2D eigenvalue weighted by Crippen LogP contribution is -2.30. The molecule has 0 radical (unpaired) electrons. The number of rotatable bonds is 4. The van der Waals surface area contributed by atoms with E-state index in [-0.39, 0.29) is 6.09 Å². The van der Waals surface area contributed by atoms with Crippen LogP contribution in [0.15, 0.2) is 18.7 Å². The molecule has 0 unspecified atom stereocenters. The molecule has 15 heavy (non-hydrogen) atoms. The van der Waals surface area contributed by atoms with Crippen LogP contribution in [0.1, 0.15) is 40.0 Å². The van der Waals surface area contributed by atoms with E-state index < -0.39 is 5.60 Å². The Labute approximate surface area is 90.3 Å². The maximum absolute atomic E-state index is 11.6. The number of aromatic nitrogens is 2. The van der Waals surface area contributed by atoms with Crippen LogP contribution in [0.4, 0.5) is 4.79 Å². The SMILES string of the molecule is CCCCC(C)(C)OC(=O)n1ccnc1. The molecule has 0 atom stereocenters. The third-order valence-corrected chi connectivity index (χ3v) is 2.21. The lowest BCUT2D eigenvalue weighted by atomic mass is 10.0. The highest BCUT2D eigenvalue weighted by atomic mass is 16.6. The first-order valence-electron chi connectivity index (χ1n) is 5.26. The molecule has 0 N–H and O–H groups in total. The van der Waals surface area contributed by atoms with Crippen LogP contribution < -0.4 is 0 Å². The molecule has 0 aliphatic carbocycles. The predicted octanol–water partition coefficient (Wildman–Crippen LogP) is 2.84. The van der Waals surface area contributed by atoms with E-state index in [2.05, 4.69) is 11.9 Å². The summed E-state index contributed by atoms with van der Waals surface area (Å²) in [5.74, 6) is 0. The molecule has 0 saturated carbocycles. The number of nitrogens with zero attached hydrogens (tertiary/aromatic N) is 2. The maximum atomic E-state index is 11.6. The molecule has 0 amide bonds. The zero-order valence-electron chi connectivity index (χ0n) is 9.56. The monoisotopic (exact) mass is 210 g/mol. The fourth-order valence-electron chi connectivity index (χ4n) is 1.31. The van der Waals surface area contributed by atoms with Crippen molar-refractivity contribution >= 4 is 6.09 Å². The van der Waals surface area contributed by atoms with E-state index >= 15 is 0 Å². The summed E-state index contributed by atoms with van der Waals surface area (Å²) in [7, 11) is 0. The fourth-order valence-corrected chi connectivity index (χ4v) is 1.31. The van der Waals surface area contributed by atoms with Crippen LogP contribution in [0.25, 0.3) is 0 Å². The van der Waals surface area contributed by atoms with Crippen LogP contribution in [-0.4, -0.2) is 21.2 Å². The van der Waals surface area contributed by atoms with Crippen molar-refractivity contribution in [2.24, 2.45) is 0 Å². The summed E-state index contributed by atoms with van der Waals surface area (Å²) >= 11 is 0. The Kier molecular flexibility index (Phi) is 3.88. The topological polar surface area (TPSA) is 44.1 Å². The first kappa shape index (κ1) is 11.8. The summed E-state index contributed by atoms with van der Waals surface area (Å²) < 4.78 is 6.71. The molecule has 0 bridgehead atoms. The van der Waals surface area contributed by atoms with Crippen molar-refractivity contribution in [1.82, 2.24) is 9.55 Å². The summed E-state index contributed by atoms with van der Waals surface area (Å²) in [4.78, 5) is 15.4. The molecule has 4 heteroatoms. The zero-order valence-corrected chi connectivity index (χ0v) is 9.56. The van der Waals surface area contributed by atoms with Gasteiger partial charge in [0.2, 0.25) is 0 Å². The second-order valence-electron chi connectivity index (χ2n) is 4.20. The first-order valence-corrected chi connectivity index (χ1v) is 5.26. The first-order chi connectivity index (χ1) is 7.05. The van der Waals surface area contributed by atoms with Gasteiger partial charge < -0.3 is 4.74 Å². The number of ether oxygens (including phenoxy) is 1. The van der Waals surface area contributed by atoms with Gasteiger partial charge in [-0.15, -0.1) is 0 Å².